The number of carbonyl (C=O) groups is 1. The maximum atomic E-state index is 11.9. The Hall–Kier alpha value is -1.88. The monoisotopic (exact) mass is 219 g/mol. The Kier molecular flexibility index (Phi) is 2.20. The zero-order chi connectivity index (χ0) is 11.9. The number of fused-ring (bicyclic) bond motifs is 1. The second-order valence-corrected chi connectivity index (χ2v) is 4.39. The summed E-state index contributed by atoms with van der Waals surface area (Å²) in [6.45, 7) is 3.30. The second-order valence-electron chi connectivity index (χ2n) is 4.39. The number of H-pyrrole nitrogens is 2. The van der Waals surface area contributed by atoms with Gasteiger partial charge in [0.1, 0.15) is 0 Å². The molecular formula is C11H13N3O2. The van der Waals surface area contributed by atoms with E-state index < -0.39 is 5.54 Å². The molecule has 1 aromatic heterocycles. The largest absolute Gasteiger partial charge is 0.323 e. The molecule has 5 heteroatoms. The van der Waals surface area contributed by atoms with E-state index in [-0.39, 0.29) is 11.5 Å². The molecule has 84 valence electrons. The van der Waals surface area contributed by atoms with Gasteiger partial charge in [0.2, 0.25) is 0 Å². The number of aromatic amines is 2. The predicted molar refractivity (Wildman–Crippen MR) is 61.5 cm³/mol. The highest BCUT2D eigenvalue weighted by Crippen LogP contribution is 2.14. The smallest absolute Gasteiger partial charge is 0.319 e. The Labute approximate surface area is 91.7 Å². The number of imidazole rings is 1. The summed E-state index contributed by atoms with van der Waals surface area (Å²) < 4.78 is 0. The fourth-order valence-electron chi connectivity index (χ4n) is 1.55. The van der Waals surface area contributed by atoms with Crippen molar-refractivity contribution in [3.8, 4) is 0 Å². The van der Waals surface area contributed by atoms with Gasteiger partial charge in [-0.05, 0) is 32.0 Å². The zero-order valence-electron chi connectivity index (χ0n) is 9.13. The number of hydrogen-bond acceptors (Lipinski definition) is 3. The molecule has 1 aromatic carbocycles. The van der Waals surface area contributed by atoms with E-state index in [9.17, 15) is 9.59 Å². The van der Waals surface area contributed by atoms with Crippen LogP contribution in [0.2, 0.25) is 0 Å². The third-order valence-corrected chi connectivity index (χ3v) is 2.36. The third-order valence-electron chi connectivity index (χ3n) is 2.36. The number of ketones is 1. The molecule has 1 heterocycles. The van der Waals surface area contributed by atoms with Crippen molar-refractivity contribution >= 4 is 16.8 Å². The van der Waals surface area contributed by atoms with E-state index in [0.717, 1.165) is 0 Å². The van der Waals surface area contributed by atoms with Crippen molar-refractivity contribution in [3.05, 3.63) is 34.2 Å². The molecule has 5 nitrogen and oxygen atoms in total. The Morgan fingerprint density at radius 1 is 1.25 bits per heavy atom. The number of carbonyl (C=O) groups excluding carboxylic acids is 1. The Morgan fingerprint density at radius 2 is 1.88 bits per heavy atom. The molecule has 0 spiro atoms. The third kappa shape index (κ3) is 1.77. The number of nitrogens with one attached hydrogen (secondary N) is 2. The molecule has 0 saturated carbocycles. The minimum Gasteiger partial charge on any atom is -0.319 e. The average molecular weight is 219 g/mol. The Bertz CT molecular complexity index is 601. The van der Waals surface area contributed by atoms with Crippen LogP contribution in [0.25, 0.3) is 11.0 Å². The lowest BCUT2D eigenvalue weighted by Crippen LogP contribution is -2.41. The predicted octanol–water partition coefficient (Wildman–Crippen LogP) is 0.776. The summed E-state index contributed by atoms with van der Waals surface area (Å²) in [6, 6.07) is 4.97. The van der Waals surface area contributed by atoms with E-state index in [1.165, 1.54) is 0 Å². The lowest BCUT2D eigenvalue weighted by Gasteiger charge is -2.16. The topological polar surface area (TPSA) is 91.7 Å². The lowest BCUT2D eigenvalue weighted by atomic mass is 9.94. The fourth-order valence-corrected chi connectivity index (χ4v) is 1.55. The SMILES string of the molecule is CC(C)(N)C(=O)c1ccc2[nH]c(=O)[nH]c2c1. The molecule has 0 bridgehead atoms. The van der Waals surface area contributed by atoms with Crippen LogP contribution in [0.5, 0.6) is 0 Å². The van der Waals surface area contributed by atoms with Gasteiger partial charge in [-0.25, -0.2) is 4.79 Å². The van der Waals surface area contributed by atoms with Gasteiger partial charge in [0, 0.05) is 5.56 Å². The first-order chi connectivity index (χ1) is 7.38. The summed E-state index contributed by atoms with van der Waals surface area (Å²) in [5.41, 5.74) is 6.32. The first-order valence-corrected chi connectivity index (χ1v) is 4.93. The summed E-state index contributed by atoms with van der Waals surface area (Å²) in [4.78, 5) is 28.1. The Balaban J connectivity index is 2.55. The van der Waals surface area contributed by atoms with Gasteiger partial charge < -0.3 is 15.7 Å². The van der Waals surface area contributed by atoms with Crippen LogP contribution >= 0.6 is 0 Å². The molecule has 0 amide bonds. The highest BCUT2D eigenvalue weighted by atomic mass is 16.1. The summed E-state index contributed by atoms with van der Waals surface area (Å²) in [7, 11) is 0. The normalized spacial score (nSPS) is 11.9. The van der Waals surface area contributed by atoms with E-state index in [4.69, 9.17) is 5.73 Å². The number of aromatic nitrogens is 2. The molecule has 16 heavy (non-hydrogen) atoms. The van der Waals surface area contributed by atoms with Gasteiger partial charge in [0.25, 0.3) is 0 Å². The van der Waals surface area contributed by atoms with Gasteiger partial charge in [0.15, 0.2) is 5.78 Å². The molecule has 4 N–H and O–H groups in total. The van der Waals surface area contributed by atoms with Crippen LogP contribution in [-0.4, -0.2) is 21.3 Å². The first kappa shape index (κ1) is 10.6. The van der Waals surface area contributed by atoms with Crippen LogP contribution < -0.4 is 11.4 Å². The fraction of sp³-hybridized carbons (Fsp3) is 0.273. The van der Waals surface area contributed by atoms with E-state index in [1.807, 2.05) is 0 Å². The van der Waals surface area contributed by atoms with Crippen molar-refractivity contribution < 1.29 is 4.79 Å². The lowest BCUT2D eigenvalue weighted by molar-refractivity contribution is 0.0913. The summed E-state index contributed by atoms with van der Waals surface area (Å²) in [6.07, 6.45) is 0. The molecular weight excluding hydrogens is 206 g/mol. The van der Waals surface area contributed by atoms with Crippen LogP contribution in [0.4, 0.5) is 0 Å². The molecule has 0 fully saturated rings. The van der Waals surface area contributed by atoms with Crippen LogP contribution in [0, 0.1) is 0 Å². The van der Waals surface area contributed by atoms with Crippen LogP contribution in [0.1, 0.15) is 24.2 Å². The Morgan fingerprint density at radius 3 is 2.50 bits per heavy atom. The van der Waals surface area contributed by atoms with Crippen molar-refractivity contribution in [2.75, 3.05) is 0 Å². The summed E-state index contributed by atoms with van der Waals surface area (Å²) in [5.74, 6) is -0.156. The summed E-state index contributed by atoms with van der Waals surface area (Å²) in [5, 5.41) is 0. The van der Waals surface area contributed by atoms with Gasteiger partial charge in [-0.15, -0.1) is 0 Å². The zero-order valence-corrected chi connectivity index (χ0v) is 9.13. The number of rotatable bonds is 2. The summed E-state index contributed by atoms with van der Waals surface area (Å²) >= 11 is 0. The standard InChI is InChI=1S/C11H13N3O2/c1-11(2,12)9(15)6-3-4-7-8(5-6)14-10(16)13-7/h3-5H,12H2,1-2H3,(H2,13,14,16). The van der Waals surface area contributed by atoms with Gasteiger partial charge >= 0.3 is 5.69 Å². The van der Waals surface area contributed by atoms with Crippen LogP contribution in [-0.2, 0) is 0 Å². The number of benzene rings is 1. The minimum absolute atomic E-state index is 0.156. The van der Waals surface area contributed by atoms with Crippen molar-refractivity contribution in [3.63, 3.8) is 0 Å². The first-order valence-electron chi connectivity index (χ1n) is 4.93. The van der Waals surface area contributed by atoms with Gasteiger partial charge in [-0.2, -0.15) is 0 Å². The molecule has 0 radical (unpaired) electrons. The average Bonchev–Trinajstić information content (AvgIpc) is 2.54. The molecule has 2 aromatic rings. The van der Waals surface area contributed by atoms with Crippen molar-refractivity contribution in [2.45, 2.75) is 19.4 Å². The number of Topliss-reactive ketones (excluding diaryl/α,β-unsaturated/α-hetero) is 1. The molecule has 0 aliphatic heterocycles. The van der Waals surface area contributed by atoms with Crippen molar-refractivity contribution in [2.24, 2.45) is 5.73 Å². The molecule has 0 aliphatic rings. The minimum atomic E-state index is -0.912. The van der Waals surface area contributed by atoms with Crippen molar-refractivity contribution in [1.29, 1.82) is 0 Å². The molecule has 0 unspecified atom stereocenters. The molecule has 0 aliphatic carbocycles. The second kappa shape index (κ2) is 3.31. The number of nitrogens with two attached hydrogens (primary N) is 1. The molecule has 2 rings (SSSR count). The van der Waals surface area contributed by atoms with E-state index in [0.29, 0.717) is 16.6 Å². The van der Waals surface area contributed by atoms with Crippen LogP contribution in [0.15, 0.2) is 23.0 Å². The number of hydrogen-bond donors (Lipinski definition) is 3. The van der Waals surface area contributed by atoms with E-state index >= 15 is 0 Å². The maximum absolute atomic E-state index is 11.9. The van der Waals surface area contributed by atoms with Gasteiger partial charge in [-0.1, -0.05) is 0 Å². The van der Waals surface area contributed by atoms with Crippen LogP contribution in [0.3, 0.4) is 0 Å². The van der Waals surface area contributed by atoms with Gasteiger partial charge in [-0.3, -0.25) is 4.79 Å². The highest BCUT2D eigenvalue weighted by molar-refractivity contribution is 6.04. The van der Waals surface area contributed by atoms with E-state index in [2.05, 4.69) is 9.97 Å². The molecule has 0 atom stereocenters. The quantitative estimate of drug-likeness (QED) is 0.651. The maximum Gasteiger partial charge on any atom is 0.323 e. The van der Waals surface area contributed by atoms with E-state index in [1.54, 1.807) is 32.0 Å². The van der Waals surface area contributed by atoms with Gasteiger partial charge in [0.05, 0.1) is 16.6 Å². The van der Waals surface area contributed by atoms with Crippen molar-refractivity contribution in [1.82, 2.24) is 9.97 Å². The molecule has 0 saturated heterocycles. The highest BCUT2D eigenvalue weighted by Gasteiger charge is 2.23.